The van der Waals surface area contributed by atoms with Crippen molar-refractivity contribution in [1.82, 2.24) is 25.2 Å². The van der Waals surface area contributed by atoms with E-state index in [0.717, 1.165) is 49.4 Å². The van der Waals surface area contributed by atoms with Gasteiger partial charge in [0.05, 0.1) is 24.2 Å². The van der Waals surface area contributed by atoms with Gasteiger partial charge in [-0.05, 0) is 70.4 Å². The molecule has 2 atom stereocenters. The molecule has 2 amide bonds. The Bertz CT molecular complexity index is 1570. The molecular formula is C35H46ClN5O5. The summed E-state index contributed by atoms with van der Waals surface area (Å²) in [7, 11) is 1.57. The number of unbranched alkanes of at least 4 members (excludes halogenated alkanes) is 2. The minimum Gasteiger partial charge on any atom is -0.480 e. The van der Waals surface area contributed by atoms with Crippen LogP contribution in [0.3, 0.4) is 0 Å². The third-order valence-electron chi connectivity index (χ3n) is 9.22. The number of ketones is 1. The van der Waals surface area contributed by atoms with Gasteiger partial charge in [0.15, 0.2) is 0 Å². The van der Waals surface area contributed by atoms with E-state index in [9.17, 15) is 14.4 Å². The van der Waals surface area contributed by atoms with E-state index in [1.807, 2.05) is 58.0 Å². The van der Waals surface area contributed by atoms with Gasteiger partial charge in [0, 0.05) is 37.2 Å². The second-order valence-corrected chi connectivity index (χ2v) is 14.0. The largest absolute Gasteiger partial charge is 0.480 e. The molecule has 2 N–H and O–H groups in total. The number of nitrogens with zero attached hydrogens (tertiary/aromatic N) is 3. The van der Waals surface area contributed by atoms with Crippen molar-refractivity contribution >= 4 is 40.3 Å². The molecule has 2 fully saturated rings. The van der Waals surface area contributed by atoms with E-state index in [-0.39, 0.29) is 35.2 Å². The minimum atomic E-state index is -0.542. The fourth-order valence-electron chi connectivity index (χ4n) is 6.44. The summed E-state index contributed by atoms with van der Waals surface area (Å²) >= 11 is 6.75. The summed E-state index contributed by atoms with van der Waals surface area (Å²) in [5, 5.41) is 4.56. The molecule has 1 aliphatic heterocycles. The van der Waals surface area contributed by atoms with Crippen molar-refractivity contribution < 1.29 is 23.9 Å². The van der Waals surface area contributed by atoms with E-state index in [1.54, 1.807) is 12.0 Å². The van der Waals surface area contributed by atoms with Crippen LogP contribution in [0.2, 0.25) is 5.15 Å². The maximum atomic E-state index is 13.7. The number of carbonyl (C=O) groups excluding carboxylic acids is 3. The molecule has 0 bridgehead atoms. The second kappa shape index (κ2) is 14.0. The highest BCUT2D eigenvalue weighted by Gasteiger charge is 2.59. The Morgan fingerprint density at radius 1 is 1.13 bits per heavy atom. The lowest BCUT2D eigenvalue weighted by molar-refractivity contribution is -0.124. The van der Waals surface area contributed by atoms with Crippen LogP contribution in [0.5, 0.6) is 5.88 Å². The number of amides is 2. The molecule has 1 aliphatic carbocycles. The fourth-order valence-corrected chi connectivity index (χ4v) is 6.68. The number of rotatable bonds is 12. The summed E-state index contributed by atoms with van der Waals surface area (Å²) in [6.07, 6.45) is 6.32. The summed E-state index contributed by atoms with van der Waals surface area (Å²) < 4.78 is 11.2. The monoisotopic (exact) mass is 651 g/mol. The minimum absolute atomic E-state index is 0.00379. The first-order valence-electron chi connectivity index (χ1n) is 16.4. The number of fused-ring (bicyclic) bond motifs is 1. The highest BCUT2D eigenvalue weighted by atomic mass is 35.5. The normalized spacial score (nSPS) is 18.0. The van der Waals surface area contributed by atoms with Crippen LogP contribution in [0.15, 0.2) is 30.3 Å². The molecule has 46 heavy (non-hydrogen) atoms. The van der Waals surface area contributed by atoms with Crippen molar-refractivity contribution in [1.29, 1.82) is 0 Å². The summed E-state index contributed by atoms with van der Waals surface area (Å²) in [4.78, 5) is 52.6. The number of aromatic nitrogens is 3. The van der Waals surface area contributed by atoms with Gasteiger partial charge in [-0.2, -0.15) is 0 Å². The average molecular weight is 652 g/mol. The van der Waals surface area contributed by atoms with Crippen molar-refractivity contribution in [3.05, 3.63) is 41.3 Å². The number of halogens is 1. The SMILES string of the molecule is CCC(=O)CCCCC[C@H](NC(=O)[C@H]1CC12CCN(C(=O)OC(C)(C)C)CC2)c1nc(-c2cc3ccccc3nc2OC)c(Cl)[nH]1. The lowest BCUT2D eigenvalue weighted by Crippen LogP contribution is -2.43. The average Bonchev–Trinajstić information content (AvgIpc) is 3.59. The summed E-state index contributed by atoms with van der Waals surface area (Å²) in [5.74, 6) is 1.13. The van der Waals surface area contributed by atoms with Gasteiger partial charge in [-0.3, -0.25) is 9.59 Å². The number of benzene rings is 1. The zero-order valence-electron chi connectivity index (χ0n) is 27.6. The quantitative estimate of drug-likeness (QED) is 0.195. The molecule has 5 rings (SSSR count). The van der Waals surface area contributed by atoms with Crippen LogP contribution in [0.1, 0.15) is 97.3 Å². The van der Waals surface area contributed by atoms with Crippen molar-refractivity contribution in [2.75, 3.05) is 20.2 Å². The van der Waals surface area contributed by atoms with Gasteiger partial charge in [0.2, 0.25) is 11.8 Å². The molecule has 10 nitrogen and oxygen atoms in total. The van der Waals surface area contributed by atoms with E-state index in [2.05, 4.69) is 15.3 Å². The molecule has 1 saturated heterocycles. The molecule has 3 heterocycles. The predicted molar refractivity (Wildman–Crippen MR) is 178 cm³/mol. The van der Waals surface area contributed by atoms with Gasteiger partial charge < -0.3 is 24.7 Å². The molecular weight excluding hydrogens is 606 g/mol. The van der Waals surface area contributed by atoms with E-state index in [4.69, 9.17) is 26.1 Å². The van der Waals surface area contributed by atoms with Gasteiger partial charge in [-0.1, -0.05) is 49.6 Å². The number of carbonyl (C=O) groups is 3. The molecule has 248 valence electrons. The van der Waals surface area contributed by atoms with Crippen molar-refractivity contribution in [2.24, 2.45) is 11.3 Å². The Balaban J connectivity index is 1.30. The topological polar surface area (TPSA) is 127 Å². The van der Waals surface area contributed by atoms with Crippen LogP contribution in [-0.4, -0.2) is 63.4 Å². The Kier molecular flexibility index (Phi) is 10.2. The molecule has 1 saturated carbocycles. The molecule has 2 aliphatic rings. The number of methoxy groups -OCH3 is 1. The summed E-state index contributed by atoms with van der Waals surface area (Å²) in [5.41, 5.74) is 1.34. The number of hydrogen-bond donors (Lipinski definition) is 2. The number of imidazole rings is 1. The van der Waals surface area contributed by atoms with Gasteiger partial charge in [-0.15, -0.1) is 0 Å². The number of pyridine rings is 1. The Labute approximate surface area is 276 Å². The zero-order chi connectivity index (χ0) is 33.1. The molecule has 0 radical (unpaired) electrons. The van der Waals surface area contributed by atoms with Crippen LogP contribution in [0, 0.1) is 11.3 Å². The first-order chi connectivity index (χ1) is 21.9. The highest BCUT2D eigenvalue weighted by Crippen LogP contribution is 2.59. The number of hydrogen-bond acceptors (Lipinski definition) is 7. The molecule has 2 aromatic heterocycles. The maximum absolute atomic E-state index is 13.7. The fraction of sp³-hybridized carbons (Fsp3) is 0.571. The van der Waals surface area contributed by atoms with E-state index in [0.29, 0.717) is 60.5 Å². The Morgan fingerprint density at radius 2 is 1.87 bits per heavy atom. The van der Waals surface area contributed by atoms with Gasteiger partial charge in [-0.25, -0.2) is 14.8 Å². The number of nitrogens with one attached hydrogen (secondary N) is 2. The van der Waals surface area contributed by atoms with Crippen molar-refractivity contribution in [2.45, 2.75) is 97.1 Å². The van der Waals surface area contributed by atoms with Crippen LogP contribution in [0.4, 0.5) is 4.79 Å². The maximum Gasteiger partial charge on any atom is 0.410 e. The standard InChI is InChI=1S/C35H46ClN5O5/c1-6-23(42)13-8-7-9-15-27(37-31(43)25-21-35(25)16-18-41(19-17-35)33(44)46-34(2,3)4)30-39-28(29(36)40-30)24-20-22-12-10-11-14-26(22)38-32(24)45-5/h10-12,14,20,25,27H,6-9,13,15-19,21H2,1-5H3,(H,37,43)(H,39,40)/t25-,27+/m1/s1. The molecule has 11 heteroatoms. The van der Waals surface area contributed by atoms with Gasteiger partial charge in [0.1, 0.15) is 28.1 Å². The molecule has 3 aromatic rings. The predicted octanol–water partition coefficient (Wildman–Crippen LogP) is 7.41. The van der Waals surface area contributed by atoms with Crippen molar-refractivity contribution in [3.63, 3.8) is 0 Å². The molecule has 1 aromatic carbocycles. The van der Waals surface area contributed by atoms with Crippen LogP contribution >= 0.6 is 11.6 Å². The van der Waals surface area contributed by atoms with Crippen LogP contribution in [-0.2, 0) is 14.3 Å². The number of likely N-dealkylation sites (tertiary alicyclic amines) is 1. The molecule has 1 spiro atoms. The Morgan fingerprint density at radius 3 is 2.57 bits per heavy atom. The van der Waals surface area contributed by atoms with E-state index in [1.165, 1.54) is 0 Å². The first-order valence-corrected chi connectivity index (χ1v) is 16.8. The first kappa shape index (κ1) is 33.7. The van der Waals surface area contributed by atoms with E-state index < -0.39 is 5.60 Å². The number of ether oxygens (including phenoxy) is 2. The van der Waals surface area contributed by atoms with Crippen LogP contribution < -0.4 is 10.1 Å². The lowest BCUT2D eigenvalue weighted by Gasteiger charge is -2.34. The smallest absolute Gasteiger partial charge is 0.410 e. The number of Topliss-reactive ketones (excluding diaryl/α,β-unsaturated/α-hetero) is 1. The number of para-hydroxylation sites is 1. The molecule has 0 unspecified atom stereocenters. The van der Waals surface area contributed by atoms with Gasteiger partial charge >= 0.3 is 6.09 Å². The summed E-state index contributed by atoms with van der Waals surface area (Å²) in [6, 6.07) is 9.34. The Hall–Kier alpha value is -3.66. The zero-order valence-corrected chi connectivity index (χ0v) is 28.3. The number of piperidine rings is 1. The van der Waals surface area contributed by atoms with Crippen LogP contribution in [0.25, 0.3) is 22.2 Å². The second-order valence-electron chi connectivity index (χ2n) is 13.7. The van der Waals surface area contributed by atoms with Gasteiger partial charge in [0.25, 0.3) is 0 Å². The number of H-pyrrole nitrogens is 1. The number of aromatic amines is 1. The van der Waals surface area contributed by atoms with E-state index >= 15 is 0 Å². The third-order valence-corrected chi connectivity index (χ3v) is 9.50. The highest BCUT2D eigenvalue weighted by molar-refractivity contribution is 6.32. The lowest BCUT2D eigenvalue weighted by atomic mass is 9.90. The summed E-state index contributed by atoms with van der Waals surface area (Å²) in [6.45, 7) is 8.64. The third kappa shape index (κ3) is 7.82. The van der Waals surface area contributed by atoms with Crippen molar-refractivity contribution in [3.8, 4) is 17.1 Å².